The van der Waals surface area contributed by atoms with Crippen molar-refractivity contribution in [3.05, 3.63) is 82.5 Å². The number of aryl methyl sites for hydroxylation is 4. The summed E-state index contributed by atoms with van der Waals surface area (Å²) in [6.45, 7) is 9.73. The molecule has 5 amide bonds. The van der Waals surface area contributed by atoms with Crippen LogP contribution in [0.15, 0.2) is 48.6 Å². The van der Waals surface area contributed by atoms with Crippen molar-refractivity contribution < 1.29 is 33.4 Å². The number of aromatic nitrogens is 8. The van der Waals surface area contributed by atoms with Gasteiger partial charge in [0.25, 0.3) is 11.8 Å². The van der Waals surface area contributed by atoms with E-state index in [1.807, 2.05) is 26.0 Å². The number of nitrogens with one attached hydrogen (secondary N) is 4. The Hall–Kier alpha value is -7.55. The number of nitrogens with zero attached hydrogens (tertiary/aromatic N) is 8. The van der Waals surface area contributed by atoms with Crippen LogP contribution in [0.3, 0.4) is 0 Å². The first-order chi connectivity index (χ1) is 30.3. The van der Waals surface area contributed by atoms with Crippen LogP contribution < -0.4 is 42.2 Å². The summed E-state index contributed by atoms with van der Waals surface area (Å²) in [5, 5.41) is 20.4. The van der Waals surface area contributed by atoms with Crippen LogP contribution in [0.5, 0.6) is 11.5 Å². The minimum atomic E-state index is -0.712. The molecule has 21 nitrogen and oxygen atoms in total. The van der Waals surface area contributed by atoms with Gasteiger partial charge in [-0.3, -0.25) is 44.0 Å². The quantitative estimate of drug-likeness (QED) is 0.0450. The molecule has 0 fully saturated rings. The third-order valence-electron chi connectivity index (χ3n) is 9.97. The van der Waals surface area contributed by atoms with Gasteiger partial charge in [0.05, 0.1) is 36.1 Å². The summed E-state index contributed by atoms with van der Waals surface area (Å²) in [7, 11) is 3.25. The zero-order valence-electron chi connectivity index (χ0n) is 36.1. The molecule has 6 aromatic rings. The van der Waals surface area contributed by atoms with E-state index in [0.29, 0.717) is 83.2 Å². The number of carbonyl (C=O) groups excluding carboxylic acids is 5. The fraction of sp³-hybridized carbons (Fsp3) is 0.357. The second kappa shape index (κ2) is 19.9. The molecular weight excluding hydrogens is 813 g/mol. The van der Waals surface area contributed by atoms with Gasteiger partial charge in [-0.2, -0.15) is 10.2 Å². The standard InChI is InChI=1S/C42H52N14O7/c1-7-55-30(18-24(3)51-55)39(60)49-41-47-28-20-26(37(43)58)22-32(62-6)35(28)53(41)15-9-10-16-54-36-29(48-42(54)50-40(61)31-19-25(4)52-56(31)8-2)21-27(38(44)59)23-33(36)63-17-11-12-34(57)46-14-13-45-5/h9-10,18-23,45H,7-8,11-17H2,1-6H3,(H2,43,58)(H2,44,59)(H,46,57)(H,47,49,60)(H,48,50,61)/b10-9+. The Morgan fingerprint density at radius 3 is 1.67 bits per heavy atom. The summed E-state index contributed by atoms with van der Waals surface area (Å²) in [5.41, 5.74) is 15.2. The molecule has 0 bridgehead atoms. The number of methoxy groups -OCH3 is 1. The van der Waals surface area contributed by atoms with Crippen molar-refractivity contribution in [3.8, 4) is 11.5 Å². The molecule has 0 spiro atoms. The lowest BCUT2D eigenvalue weighted by atomic mass is 10.1. The second-order valence-electron chi connectivity index (χ2n) is 14.5. The van der Waals surface area contributed by atoms with E-state index in [0.717, 1.165) is 0 Å². The molecule has 332 valence electrons. The number of anilines is 2. The molecule has 63 heavy (non-hydrogen) atoms. The van der Waals surface area contributed by atoms with E-state index in [4.69, 9.17) is 25.9 Å². The first-order valence-corrected chi connectivity index (χ1v) is 20.4. The number of hydrogen-bond acceptors (Lipinski definition) is 12. The lowest BCUT2D eigenvalue weighted by Crippen LogP contribution is -2.30. The minimum Gasteiger partial charge on any atom is -0.494 e. The van der Waals surface area contributed by atoms with Crippen molar-refractivity contribution >= 4 is 63.5 Å². The fourth-order valence-electron chi connectivity index (χ4n) is 7.02. The number of hydrogen-bond donors (Lipinski definition) is 6. The molecule has 0 saturated heterocycles. The molecule has 4 aromatic heterocycles. The number of allylic oxidation sites excluding steroid dienone is 2. The molecule has 0 aliphatic heterocycles. The van der Waals surface area contributed by atoms with Gasteiger partial charge in [-0.05, 0) is 77.6 Å². The lowest BCUT2D eigenvalue weighted by Gasteiger charge is -2.13. The lowest BCUT2D eigenvalue weighted by molar-refractivity contribution is -0.121. The average Bonchev–Trinajstić information content (AvgIpc) is 4.02. The molecule has 2 aromatic carbocycles. The molecule has 0 saturated carbocycles. The third kappa shape index (κ3) is 10.2. The van der Waals surface area contributed by atoms with Gasteiger partial charge >= 0.3 is 0 Å². The molecule has 0 aliphatic carbocycles. The Bertz CT molecular complexity index is 2720. The van der Waals surface area contributed by atoms with Gasteiger partial charge in [0, 0.05) is 56.8 Å². The summed E-state index contributed by atoms with van der Waals surface area (Å²) in [6.07, 6.45) is 4.21. The zero-order chi connectivity index (χ0) is 45.4. The summed E-state index contributed by atoms with van der Waals surface area (Å²) in [5.74, 6) is -1.58. The van der Waals surface area contributed by atoms with E-state index in [1.165, 1.54) is 31.4 Å². The summed E-state index contributed by atoms with van der Waals surface area (Å²) in [6, 6.07) is 9.39. The van der Waals surface area contributed by atoms with E-state index >= 15 is 0 Å². The summed E-state index contributed by atoms with van der Waals surface area (Å²) >= 11 is 0. The number of imidazole rings is 2. The van der Waals surface area contributed by atoms with Crippen LogP contribution in [0.4, 0.5) is 11.9 Å². The third-order valence-corrected chi connectivity index (χ3v) is 9.97. The predicted molar refractivity (Wildman–Crippen MR) is 235 cm³/mol. The first-order valence-electron chi connectivity index (χ1n) is 20.4. The van der Waals surface area contributed by atoms with Gasteiger partial charge < -0.3 is 40.7 Å². The van der Waals surface area contributed by atoms with Crippen molar-refractivity contribution in [2.45, 2.75) is 66.7 Å². The molecule has 4 heterocycles. The molecule has 6 rings (SSSR count). The number of likely N-dealkylation sites (N-methyl/N-ethyl adjacent to an activating group) is 1. The largest absolute Gasteiger partial charge is 0.494 e. The smallest absolute Gasteiger partial charge is 0.276 e. The number of rotatable bonds is 21. The van der Waals surface area contributed by atoms with Crippen molar-refractivity contribution in [1.82, 2.24) is 49.3 Å². The molecule has 0 unspecified atom stereocenters. The highest BCUT2D eigenvalue weighted by Gasteiger charge is 2.24. The highest BCUT2D eigenvalue weighted by Crippen LogP contribution is 2.33. The van der Waals surface area contributed by atoms with Gasteiger partial charge in [-0.15, -0.1) is 0 Å². The Morgan fingerprint density at radius 1 is 0.714 bits per heavy atom. The monoisotopic (exact) mass is 864 g/mol. The zero-order valence-corrected chi connectivity index (χ0v) is 36.1. The number of carbonyl (C=O) groups is 5. The Balaban J connectivity index is 1.38. The fourth-order valence-corrected chi connectivity index (χ4v) is 7.02. The van der Waals surface area contributed by atoms with E-state index in [-0.39, 0.29) is 60.8 Å². The number of benzene rings is 2. The number of amides is 5. The topological polar surface area (TPSA) is 275 Å². The minimum absolute atomic E-state index is 0.116. The SMILES string of the molecule is CCn1nc(C)cc1C(=O)Nc1nc2cc(C(N)=O)cc(OC)c2n1C/C=C/Cn1c(NC(=O)c2cc(C)nn2CC)nc2cc(C(N)=O)cc(OCCCC(=O)NCCNC)c21. The van der Waals surface area contributed by atoms with Gasteiger partial charge in [0.2, 0.25) is 29.6 Å². The molecule has 21 heteroatoms. The maximum Gasteiger partial charge on any atom is 0.276 e. The molecule has 0 radical (unpaired) electrons. The molecule has 0 atom stereocenters. The van der Waals surface area contributed by atoms with Crippen LogP contribution in [0.2, 0.25) is 0 Å². The highest BCUT2D eigenvalue weighted by atomic mass is 16.5. The predicted octanol–water partition coefficient (Wildman–Crippen LogP) is 2.90. The van der Waals surface area contributed by atoms with Crippen LogP contribution in [-0.4, -0.2) is 102 Å². The summed E-state index contributed by atoms with van der Waals surface area (Å²) < 4.78 is 18.5. The summed E-state index contributed by atoms with van der Waals surface area (Å²) in [4.78, 5) is 74.0. The van der Waals surface area contributed by atoms with E-state index < -0.39 is 23.6 Å². The van der Waals surface area contributed by atoms with Crippen molar-refractivity contribution in [1.29, 1.82) is 0 Å². The van der Waals surface area contributed by atoms with E-state index in [1.54, 1.807) is 51.5 Å². The first kappa shape index (κ1) is 45.0. The van der Waals surface area contributed by atoms with Crippen LogP contribution in [0.25, 0.3) is 22.1 Å². The molecule has 8 N–H and O–H groups in total. The number of nitrogens with two attached hydrogens (primary N) is 2. The number of ether oxygens (including phenoxy) is 2. The van der Waals surface area contributed by atoms with Crippen LogP contribution >= 0.6 is 0 Å². The highest BCUT2D eigenvalue weighted by molar-refractivity contribution is 6.05. The van der Waals surface area contributed by atoms with E-state index in [9.17, 15) is 24.0 Å². The average molecular weight is 865 g/mol. The van der Waals surface area contributed by atoms with Crippen molar-refractivity contribution in [2.24, 2.45) is 11.5 Å². The Labute approximate surface area is 362 Å². The molecule has 0 aliphatic rings. The van der Waals surface area contributed by atoms with Crippen molar-refractivity contribution in [2.75, 3.05) is 44.5 Å². The van der Waals surface area contributed by atoms with Gasteiger partial charge in [0.1, 0.15) is 33.9 Å². The number of fused-ring (bicyclic) bond motifs is 2. The van der Waals surface area contributed by atoms with Gasteiger partial charge in [0.15, 0.2) is 0 Å². The normalized spacial score (nSPS) is 11.4. The number of primary amides is 2. The van der Waals surface area contributed by atoms with Gasteiger partial charge in [-0.25, -0.2) is 9.97 Å². The van der Waals surface area contributed by atoms with Crippen LogP contribution in [0, 0.1) is 13.8 Å². The van der Waals surface area contributed by atoms with Crippen LogP contribution in [-0.2, 0) is 31.0 Å². The maximum absolute atomic E-state index is 13.8. The van der Waals surface area contributed by atoms with Gasteiger partial charge in [-0.1, -0.05) is 12.2 Å². The van der Waals surface area contributed by atoms with E-state index in [2.05, 4.69) is 36.4 Å². The molecular formula is C42H52N14O7. The second-order valence-corrected chi connectivity index (χ2v) is 14.5. The van der Waals surface area contributed by atoms with Crippen LogP contribution in [0.1, 0.15) is 79.8 Å². The Kier molecular flexibility index (Phi) is 14.2. The van der Waals surface area contributed by atoms with Crippen molar-refractivity contribution in [3.63, 3.8) is 0 Å². The maximum atomic E-state index is 13.8. The Morgan fingerprint density at radius 2 is 1.21 bits per heavy atom.